The summed E-state index contributed by atoms with van der Waals surface area (Å²) < 4.78 is 9.95. The number of aromatic nitrogens is 1. The van der Waals surface area contributed by atoms with Crippen LogP contribution in [0.4, 0.5) is 39.8 Å². The molecule has 6 nitrogen and oxygen atoms in total. The van der Waals surface area contributed by atoms with Gasteiger partial charge in [0.15, 0.2) is 30.2 Å². The summed E-state index contributed by atoms with van der Waals surface area (Å²) in [4.78, 5) is 5.09. The maximum absolute atomic E-state index is 2.59. The molecule has 0 unspecified atom stereocenters. The van der Waals surface area contributed by atoms with Gasteiger partial charge in [-0.15, -0.1) is 0 Å². The Morgan fingerprint density at radius 1 is 0.388 bits per heavy atom. The first-order valence-corrected chi connectivity index (χ1v) is 29.8. The summed E-state index contributed by atoms with van der Waals surface area (Å²) in [6, 6.07) is 70.7. The fourth-order valence-electron chi connectivity index (χ4n) is 12.2. The van der Waals surface area contributed by atoms with Crippen LogP contribution in [-0.4, -0.2) is 42.5 Å². The van der Waals surface area contributed by atoms with E-state index in [0.29, 0.717) is 0 Å². The van der Waals surface area contributed by atoms with Gasteiger partial charge in [0.1, 0.15) is 13.5 Å². The van der Waals surface area contributed by atoms with E-state index < -0.39 is 0 Å². The van der Waals surface area contributed by atoms with Gasteiger partial charge < -0.3 is 14.4 Å². The van der Waals surface area contributed by atoms with E-state index in [-0.39, 0.29) is 0 Å². The topological polar surface area (TPSA) is 20.4 Å². The van der Waals surface area contributed by atoms with Crippen LogP contribution in [0.15, 0.2) is 188 Å². The summed E-state index contributed by atoms with van der Waals surface area (Å²) in [5, 5.41) is 1.30. The number of hydrogen-bond acceptors (Lipinski definition) is 2. The van der Waals surface area contributed by atoms with E-state index in [2.05, 4.69) is 244 Å². The first kappa shape index (κ1) is 56.6. The summed E-state index contributed by atoms with van der Waals surface area (Å²) in [6.07, 6.45) is 4.90. The molecular formula is C74H85N6+3. The lowest BCUT2D eigenvalue weighted by Crippen LogP contribution is -2.29. The molecule has 1 aromatic heterocycles. The van der Waals surface area contributed by atoms with E-state index in [1.165, 1.54) is 124 Å². The highest BCUT2D eigenvalue weighted by atomic mass is 15.3. The van der Waals surface area contributed by atoms with E-state index in [1.807, 2.05) is 55.4 Å². The maximum Gasteiger partial charge on any atom is 0.209 e. The first-order chi connectivity index (χ1) is 39.3. The minimum absolute atomic E-state index is 0.780. The van der Waals surface area contributed by atoms with Gasteiger partial charge in [-0.05, 0) is 77.9 Å². The highest BCUT2D eigenvalue weighted by Crippen LogP contribution is 2.50. The lowest BCUT2D eigenvalue weighted by molar-refractivity contribution is -0.456. The number of aryl methyl sites for hydroxylation is 3. The van der Waals surface area contributed by atoms with E-state index in [1.54, 1.807) is 0 Å². The zero-order valence-corrected chi connectivity index (χ0v) is 49.9. The Balaban J connectivity index is 0.000000929. The van der Waals surface area contributed by atoms with Crippen molar-refractivity contribution in [2.45, 2.75) is 128 Å². The molecule has 5 heterocycles. The van der Waals surface area contributed by atoms with Crippen molar-refractivity contribution in [2.24, 2.45) is 7.05 Å². The molecule has 408 valence electrons. The summed E-state index contributed by atoms with van der Waals surface area (Å²) in [7, 11) is 4.45. The smallest absolute Gasteiger partial charge is 0.209 e. The molecule has 13 rings (SSSR count). The fraction of sp³-hybridized carbons (Fsp3) is 0.284. The van der Waals surface area contributed by atoms with Gasteiger partial charge >= 0.3 is 0 Å². The SMILES string of the molecule is CC.CC.CC.CC.Cc1ccc2c(c1)N(Cc1ccc(C[N+]3=C(Cc4cc5ccccc5n4C)Cc4ccccc43)cc1)c1cc(C)ccc1N2Cc1ccc(C[N+]2=C(CC3=[N+](C)c4ccccc4C3)Cc3ccccc32)cc1. The largest absolute Gasteiger partial charge is 0.347 e. The van der Waals surface area contributed by atoms with E-state index in [0.717, 1.165) is 58.3 Å². The van der Waals surface area contributed by atoms with Gasteiger partial charge in [0.05, 0.1) is 48.4 Å². The van der Waals surface area contributed by atoms with Crippen molar-refractivity contribution >= 4 is 67.8 Å². The summed E-state index contributed by atoms with van der Waals surface area (Å²) in [6.45, 7) is 23.7. The van der Waals surface area contributed by atoms with Crippen LogP contribution in [0.2, 0.25) is 0 Å². The molecule has 4 aliphatic rings. The molecule has 0 N–H and O–H groups in total. The van der Waals surface area contributed by atoms with Crippen molar-refractivity contribution in [2.75, 3.05) is 16.8 Å². The third kappa shape index (κ3) is 11.5. The molecule has 0 saturated carbocycles. The van der Waals surface area contributed by atoms with Crippen molar-refractivity contribution < 1.29 is 13.7 Å². The number of rotatable bonds is 12. The number of nitrogens with zero attached hydrogens (tertiary/aromatic N) is 6. The Hall–Kier alpha value is -8.09. The molecule has 0 radical (unpaired) electrons. The van der Waals surface area contributed by atoms with Crippen molar-refractivity contribution in [1.29, 1.82) is 0 Å². The number of benzene rings is 8. The van der Waals surface area contributed by atoms with Crippen molar-refractivity contribution in [3.63, 3.8) is 0 Å². The van der Waals surface area contributed by atoms with Crippen LogP contribution in [0.25, 0.3) is 10.9 Å². The second-order valence-electron chi connectivity index (χ2n) is 20.7. The standard InChI is InChI=1S/C66H61N6.4C2H6/c1-45-21-31-63-65(33-45)72(44-50-29-25-48(26-30-50)42-70-58(38-54-16-8-12-20-62(54)70)40-56-36-52-14-6-10-18-60(52)68(56)4)66-34-46(2)22-32-64(66)71(63)43-49-27-23-47(24-28-49)41-69-57(37-53-15-7-11-19-61(53)69)39-55-35-51-13-5-9-17-59(51)67(55)3;4*1-2/h5-34,36H,35,37-44H2,1-4H3;4*1-2H3/q+3;;;;. The first-order valence-electron chi connectivity index (χ1n) is 29.8. The molecular weight excluding hydrogens is 973 g/mol. The maximum atomic E-state index is 2.59. The highest BCUT2D eigenvalue weighted by molar-refractivity contribution is 6.05. The molecule has 0 spiro atoms. The molecule has 0 atom stereocenters. The Morgan fingerprint density at radius 2 is 0.787 bits per heavy atom. The van der Waals surface area contributed by atoms with Crippen LogP contribution in [0.5, 0.6) is 0 Å². The molecule has 0 aliphatic carbocycles. The molecule has 0 saturated heterocycles. The van der Waals surface area contributed by atoms with Gasteiger partial charge in [-0.1, -0.05) is 189 Å². The fourth-order valence-corrected chi connectivity index (χ4v) is 12.2. The van der Waals surface area contributed by atoms with E-state index in [4.69, 9.17) is 0 Å². The predicted molar refractivity (Wildman–Crippen MR) is 342 cm³/mol. The van der Waals surface area contributed by atoms with Gasteiger partial charge in [0, 0.05) is 77.4 Å². The normalized spacial score (nSPS) is 13.4. The Morgan fingerprint density at radius 3 is 1.27 bits per heavy atom. The second-order valence-corrected chi connectivity index (χ2v) is 20.7. The Kier molecular flexibility index (Phi) is 18.3. The van der Waals surface area contributed by atoms with Crippen LogP contribution in [-0.2, 0) is 58.9 Å². The third-order valence-corrected chi connectivity index (χ3v) is 16.0. The van der Waals surface area contributed by atoms with Gasteiger partial charge in [0.25, 0.3) is 0 Å². The van der Waals surface area contributed by atoms with Crippen LogP contribution < -0.4 is 9.80 Å². The minimum Gasteiger partial charge on any atom is -0.347 e. The second kappa shape index (κ2) is 25.8. The van der Waals surface area contributed by atoms with E-state index in [9.17, 15) is 0 Å². The molecule has 0 amide bonds. The average molecular weight is 1060 g/mol. The average Bonchev–Trinajstić information content (AvgIpc) is 4.33. The molecule has 8 aromatic carbocycles. The summed E-state index contributed by atoms with van der Waals surface area (Å²) in [5.74, 6) is 0. The van der Waals surface area contributed by atoms with Crippen LogP contribution in [0, 0.1) is 13.8 Å². The zero-order valence-electron chi connectivity index (χ0n) is 49.9. The predicted octanol–water partition coefficient (Wildman–Crippen LogP) is 18.2. The lowest BCUT2D eigenvalue weighted by atomic mass is 10.0. The minimum atomic E-state index is 0.780. The monoisotopic (exact) mass is 1060 g/mol. The zero-order chi connectivity index (χ0) is 56.5. The van der Waals surface area contributed by atoms with E-state index >= 15 is 0 Å². The molecule has 4 aliphatic heterocycles. The Labute approximate surface area is 479 Å². The van der Waals surface area contributed by atoms with Gasteiger partial charge in [-0.25, -0.2) is 4.58 Å². The third-order valence-electron chi connectivity index (χ3n) is 16.0. The molecule has 9 aromatic rings. The number of para-hydroxylation sites is 4. The van der Waals surface area contributed by atoms with Crippen LogP contribution in [0.1, 0.15) is 118 Å². The van der Waals surface area contributed by atoms with Gasteiger partial charge in [0.2, 0.25) is 17.1 Å². The lowest BCUT2D eigenvalue weighted by Gasteiger charge is -2.41. The van der Waals surface area contributed by atoms with Crippen LogP contribution in [0.3, 0.4) is 0 Å². The molecule has 0 bridgehead atoms. The van der Waals surface area contributed by atoms with Crippen molar-refractivity contribution in [3.8, 4) is 0 Å². The number of hydrogen-bond donors (Lipinski definition) is 0. The van der Waals surface area contributed by atoms with Gasteiger partial charge in [-0.3, -0.25) is 0 Å². The van der Waals surface area contributed by atoms with Crippen molar-refractivity contribution in [1.82, 2.24) is 4.57 Å². The quantitative estimate of drug-likeness (QED) is 0.114. The molecule has 0 fully saturated rings. The van der Waals surface area contributed by atoms with Crippen molar-refractivity contribution in [3.05, 3.63) is 244 Å². The molecule has 80 heavy (non-hydrogen) atoms. The molecule has 6 heteroatoms. The van der Waals surface area contributed by atoms with Crippen LogP contribution >= 0.6 is 0 Å². The van der Waals surface area contributed by atoms with Gasteiger partial charge in [-0.2, -0.15) is 9.15 Å². The summed E-state index contributed by atoms with van der Waals surface area (Å²) in [5.41, 5.74) is 28.1. The Bertz CT molecular complexity index is 3660. The number of fused-ring (bicyclic) bond motifs is 6. The highest BCUT2D eigenvalue weighted by Gasteiger charge is 2.36. The number of anilines is 4. The summed E-state index contributed by atoms with van der Waals surface area (Å²) >= 11 is 0.